The van der Waals surface area contributed by atoms with Gasteiger partial charge >= 0.3 is 5.97 Å². The van der Waals surface area contributed by atoms with E-state index >= 15 is 0 Å². The summed E-state index contributed by atoms with van der Waals surface area (Å²) in [5.74, 6) is -0.307. The van der Waals surface area contributed by atoms with Crippen molar-refractivity contribution in [2.24, 2.45) is 0 Å². The van der Waals surface area contributed by atoms with Gasteiger partial charge in [0.25, 0.3) is 0 Å². The quantitative estimate of drug-likeness (QED) is 0.336. The maximum Gasteiger partial charge on any atom is 0.330 e. The number of esters is 1. The number of aliphatic hydroxyl groups excluding tert-OH is 2. The Hall–Kier alpha value is -0.950. The van der Waals surface area contributed by atoms with E-state index in [2.05, 4.69) is 6.92 Å². The van der Waals surface area contributed by atoms with E-state index in [9.17, 15) is 15.0 Å². The molecule has 0 saturated carbocycles. The van der Waals surface area contributed by atoms with Crippen LogP contribution in [-0.4, -0.2) is 53.5 Å². The summed E-state index contributed by atoms with van der Waals surface area (Å²) in [5.41, 5.74) is 0. The molecule has 0 aromatic heterocycles. The molecule has 0 radical (unpaired) electrons. The molecule has 1 heterocycles. The van der Waals surface area contributed by atoms with E-state index in [0.29, 0.717) is 19.4 Å². The minimum Gasteiger partial charge on any atom is -0.463 e. The average molecular weight is 358 g/mol. The smallest absolute Gasteiger partial charge is 0.330 e. The maximum absolute atomic E-state index is 11.5. The van der Waals surface area contributed by atoms with Crippen molar-refractivity contribution in [1.29, 1.82) is 0 Å². The Morgan fingerprint density at radius 3 is 2.76 bits per heavy atom. The van der Waals surface area contributed by atoms with Crippen molar-refractivity contribution in [3.63, 3.8) is 0 Å². The van der Waals surface area contributed by atoms with E-state index in [1.165, 1.54) is 12.5 Å². The van der Waals surface area contributed by atoms with Gasteiger partial charge in [-0.25, -0.2) is 4.79 Å². The molecule has 0 aromatic rings. The highest BCUT2D eigenvalue weighted by molar-refractivity contribution is 5.81. The molecule has 6 heteroatoms. The molecule has 1 aliphatic rings. The number of carbonyl (C=O) groups is 1. The van der Waals surface area contributed by atoms with Gasteiger partial charge in [0.1, 0.15) is 6.10 Å². The van der Waals surface area contributed by atoms with Gasteiger partial charge in [-0.15, -0.1) is 0 Å². The van der Waals surface area contributed by atoms with Crippen LogP contribution >= 0.6 is 0 Å². The van der Waals surface area contributed by atoms with E-state index in [4.69, 9.17) is 14.2 Å². The first-order valence-corrected chi connectivity index (χ1v) is 9.44. The Morgan fingerprint density at radius 1 is 1.28 bits per heavy atom. The highest BCUT2D eigenvalue weighted by Crippen LogP contribution is 2.22. The molecule has 0 aromatic carbocycles. The second-order valence-corrected chi connectivity index (χ2v) is 6.73. The Bertz CT molecular complexity index is 397. The number of unbranched alkanes of at least 4 members (excludes halogenated alkanes) is 3. The van der Waals surface area contributed by atoms with E-state index in [1.807, 2.05) is 6.92 Å². The van der Waals surface area contributed by atoms with Crippen LogP contribution in [0, 0.1) is 0 Å². The summed E-state index contributed by atoms with van der Waals surface area (Å²) >= 11 is 0. The van der Waals surface area contributed by atoms with Crippen LogP contribution in [0.2, 0.25) is 0 Å². The van der Waals surface area contributed by atoms with Gasteiger partial charge < -0.3 is 24.4 Å². The van der Waals surface area contributed by atoms with Crippen LogP contribution in [0.15, 0.2) is 12.2 Å². The Kier molecular flexibility index (Phi) is 11.0. The van der Waals surface area contributed by atoms with Crippen LogP contribution in [0.25, 0.3) is 0 Å². The summed E-state index contributed by atoms with van der Waals surface area (Å²) in [6.07, 6.45) is 6.50. The first kappa shape index (κ1) is 22.1. The van der Waals surface area contributed by atoms with Crippen molar-refractivity contribution in [2.75, 3.05) is 6.61 Å². The number of ether oxygens (including phenoxy) is 3. The van der Waals surface area contributed by atoms with Crippen LogP contribution in [0.3, 0.4) is 0 Å². The normalized spacial score (nSPS) is 28.2. The van der Waals surface area contributed by atoms with E-state index in [0.717, 1.165) is 19.3 Å². The number of rotatable bonds is 11. The summed E-state index contributed by atoms with van der Waals surface area (Å²) in [6, 6.07) is 0. The van der Waals surface area contributed by atoms with Gasteiger partial charge in [0, 0.05) is 12.5 Å². The number of hydrogen-bond donors (Lipinski definition) is 2. The lowest BCUT2D eigenvalue weighted by atomic mass is 10.0. The zero-order valence-electron chi connectivity index (χ0n) is 15.7. The lowest BCUT2D eigenvalue weighted by Crippen LogP contribution is -2.48. The summed E-state index contributed by atoms with van der Waals surface area (Å²) < 4.78 is 16.3. The zero-order valence-corrected chi connectivity index (χ0v) is 15.7. The fourth-order valence-electron chi connectivity index (χ4n) is 2.62. The molecular formula is C19H34O6. The second-order valence-electron chi connectivity index (χ2n) is 6.73. The third-order valence-corrected chi connectivity index (χ3v) is 4.29. The largest absolute Gasteiger partial charge is 0.463 e. The van der Waals surface area contributed by atoms with Crippen LogP contribution in [0.4, 0.5) is 0 Å². The molecule has 0 aliphatic carbocycles. The molecule has 1 fully saturated rings. The monoisotopic (exact) mass is 358 g/mol. The van der Waals surface area contributed by atoms with Gasteiger partial charge in [-0.05, 0) is 33.1 Å². The van der Waals surface area contributed by atoms with Crippen molar-refractivity contribution in [2.45, 2.75) is 96.4 Å². The third-order valence-electron chi connectivity index (χ3n) is 4.29. The minimum absolute atomic E-state index is 0.128. The first-order valence-electron chi connectivity index (χ1n) is 9.44. The van der Waals surface area contributed by atoms with Gasteiger partial charge in [-0.2, -0.15) is 0 Å². The summed E-state index contributed by atoms with van der Waals surface area (Å²) in [4.78, 5) is 11.5. The van der Waals surface area contributed by atoms with E-state index in [-0.39, 0.29) is 24.6 Å². The Balaban J connectivity index is 2.15. The summed E-state index contributed by atoms with van der Waals surface area (Å²) in [7, 11) is 0. The molecule has 25 heavy (non-hydrogen) atoms. The van der Waals surface area contributed by atoms with Gasteiger partial charge in [-0.1, -0.05) is 32.3 Å². The molecule has 1 saturated heterocycles. The van der Waals surface area contributed by atoms with Gasteiger partial charge in [0.05, 0.1) is 24.9 Å². The van der Waals surface area contributed by atoms with Gasteiger partial charge in [0.2, 0.25) is 0 Å². The van der Waals surface area contributed by atoms with Crippen molar-refractivity contribution in [1.82, 2.24) is 0 Å². The SMILES string of the molecule is CCCCCCOC(=O)/C=C/CC[C@@H](C)OC1O[C@@H](C)[C@H](O)C[C@H]1O. The summed E-state index contributed by atoms with van der Waals surface area (Å²) in [6.45, 7) is 6.27. The van der Waals surface area contributed by atoms with Crippen molar-refractivity contribution < 1.29 is 29.2 Å². The van der Waals surface area contributed by atoms with Crippen molar-refractivity contribution in [3.05, 3.63) is 12.2 Å². The minimum atomic E-state index is -0.827. The molecule has 0 amide bonds. The number of aliphatic hydroxyl groups is 2. The van der Waals surface area contributed by atoms with E-state index < -0.39 is 18.5 Å². The Morgan fingerprint density at radius 2 is 2.04 bits per heavy atom. The van der Waals surface area contributed by atoms with Crippen LogP contribution in [0.1, 0.15) is 65.7 Å². The molecule has 6 nitrogen and oxygen atoms in total. The number of hydrogen-bond acceptors (Lipinski definition) is 6. The first-order chi connectivity index (χ1) is 11.9. The fraction of sp³-hybridized carbons (Fsp3) is 0.842. The summed E-state index contributed by atoms with van der Waals surface area (Å²) in [5, 5.41) is 19.5. The lowest BCUT2D eigenvalue weighted by molar-refractivity contribution is -0.273. The fourth-order valence-corrected chi connectivity index (χ4v) is 2.62. The molecule has 0 spiro atoms. The third kappa shape index (κ3) is 9.35. The molecule has 5 atom stereocenters. The molecule has 0 bridgehead atoms. The molecule has 2 N–H and O–H groups in total. The zero-order chi connectivity index (χ0) is 18.7. The maximum atomic E-state index is 11.5. The highest BCUT2D eigenvalue weighted by atomic mass is 16.7. The second kappa shape index (κ2) is 12.4. The predicted octanol–water partition coefficient (Wildman–Crippen LogP) is 2.71. The molecule has 146 valence electrons. The van der Waals surface area contributed by atoms with Crippen LogP contribution in [0.5, 0.6) is 0 Å². The lowest BCUT2D eigenvalue weighted by Gasteiger charge is -2.36. The van der Waals surface area contributed by atoms with Crippen LogP contribution < -0.4 is 0 Å². The highest BCUT2D eigenvalue weighted by Gasteiger charge is 2.35. The number of allylic oxidation sites excluding steroid dienone is 1. The van der Waals surface area contributed by atoms with Gasteiger partial charge in [-0.3, -0.25) is 0 Å². The van der Waals surface area contributed by atoms with Crippen LogP contribution in [-0.2, 0) is 19.0 Å². The van der Waals surface area contributed by atoms with Crippen molar-refractivity contribution in [3.8, 4) is 0 Å². The molecule has 1 aliphatic heterocycles. The molecule has 1 rings (SSSR count). The van der Waals surface area contributed by atoms with Gasteiger partial charge in [0.15, 0.2) is 6.29 Å². The number of carbonyl (C=O) groups excluding carboxylic acids is 1. The molecular weight excluding hydrogens is 324 g/mol. The van der Waals surface area contributed by atoms with E-state index in [1.54, 1.807) is 13.0 Å². The van der Waals surface area contributed by atoms with Crippen molar-refractivity contribution >= 4 is 5.97 Å². The average Bonchev–Trinajstić information content (AvgIpc) is 2.56. The predicted molar refractivity (Wildman–Crippen MR) is 95.0 cm³/mol. The Labute approximate surface area is 151 Å². The topological polar surface area (TPSA) is 85.2 Å². The standard InChI is InChI=1S/C19H34O6/c1-4-5-6-9-12-23-18(22)11-8-7-10-14(2)24-19-17(21)13-16(20)15(3)25-19/h8,11,14-17,19-21H,4-7,9-10,12-13H2,1-3H3/b11-8+/t14-,15+,16-,17-,19?/m1/s1. The molecule has 1 unspecified atom stereocenters.